The first-order chi connectivity index (χ1) is 8.68. The third-order valence-electron chi connectivity index (χ3n) is 2.86. The molecule has 0 bridgehead atoms. The number of anilines is 2. The van der Waals surface area contributed by atoms with Crippen LogP contribution in [0.2, 0.25) is 0 Å². The van der Waals surface area contributed by atoms with E-state index in [2.05, 4.69) is 50.1 Å². The summed E-state index contributed by atoms with van der Waals surface area (Å²) in [4.78, 5) is 6.19. The van der Waals surface area contributed by atoms with Crippen LogP contribution in [0.4, 0.5) is 11.4 Å². The molecule has 0 aliphatic rings. The zero-order valence-corrected chi connectivity index (χ0v) is 11.9. The highest BCUT2D eigenvalue weighted by molar-refractivity contribution is 9.10. The number of rotatable bonds is 4. The lowest BCUT2D eigenvalue weighted by atomic mass is 10.1. The maximum absolute atomic E-state index is 5.96. The van der Waals surface area contributed by atoms with Crippen LogP contribution >= 0.6 is 15.9 Å². The number of halogens is 1. The highest BCUT2D eigenvalue weighted by Gasteiger charge is 2.09. The number of pyridine rings is 1. The largest absolute Gasteiger partial charge is 0.396 e. The molecule has 0 atom stereocenters. The molecule has 0 radical (unpaired) electrons. The molecule has 0 unspecified atom stereocenters. The minimum Gasteiger partial charge on any atom is -0.396 e. The summed E-state index contributed by atoms with van der Waals surface area (Å²) >= 11 is 3.49. The van der Waals surface area contributed by atoms with Crippen molar-refractivity contribution >= 4 is 27.3 Å². The van der Waals surface area contributed by atoms with Gasteiger partial charge in [-0.2, -0.15) is 0 Å². The fourth-order valence-electron chi connectivity index (χ4n) is 1.90. The predicted molar refractivity (Wildman–Crippen MR) is 79.8 cm³/mol. The Morgan fingerprint density at radius 1 is 1.22 bits per heavy atom. The second kappa shape index (κ2) is 5.87. The van der Waals surface area contributed by atoms with Crippen LogP contribution in [0.5, 0.6) is 0 Å². The van der Waals surface area contributed by atoms with Gasteiger partial charge in [-0.3, -0.25) is 4.98 Å². The van der Waals surface area contributed by atoms with Gasteiger partial charge < -0.3 is 10.6 Å². The second-order valence-electron chi connectivity index (χ2n) is 4.22. The zero-order chi connectivity index (χ0) is 13.0. The van der Waals surface area contributed by atoms with Crippen molar-refractivity contribution in [3.63, 3.8) is 0 Å². The first-order valence-electron chi connectivity index (χ1n) is 5.82. The zero-order valence-electron chi connectivity index (χ0n) is 10.3. The summed E-state index contributed by atoms with van der Waals surface area (Å²) in [6.07, 6.45) is 4.44. The summed E-state index contributed by atoms with van der Waals surface area (Å²) in [6.45, 7) is 0.914. The molecule has 0 aliphatic carbocycles. The molecule has 3 nitrogen and oxygen atoms in total. The van der Waals surface area contributed by atoms with Crippen LogP contribution in [0.15, 0.2) is 47.2 Å². The van der Waals surface area contributed by atoms with E-state index in [1.807, 2.05) is 13.1 Å². The molecule has 2 aromatic rings. The molecule has 0 amide bonds. The van der Waals surface area contributed by atoms with E-state index in [9.17, 15) is 0 Å². The number of hydrogen-bond acceptors (Lipinski definition) is 3. The molecule has 0 fully saturated rings. The van der Waals surface area contributed by atoms with Crippen LogP contribution in [0.25, 0.3) is 0 Å². The minimum absolute atomic E-state index is 0.694. The van der Waals surface area contributed by atoms with E-state index in [0.29, 0.717) is 5.69 Å². The average molecular weight is 306 g/mol. The van der Waals surface area contributed by atoms with E-state index in [1.165, 1.54) is 5.56 Å². The van der Waals surface area contributed by atoms with Gasteiger partial charge in [-0.25, -0.2) is 0 Å². The predicted octanol–water partition coefficient (Wildman–Crippen LogP) is 3.11. The average Bonchev–Trinajstić information content (AvgIpc) is 2.37. The highest BCUT2D eigenvalue weighted by atomic mass is 79.9. The van der Waals surface area contributed by atoms with Gasteiger partial charge in [0, 0.05) is 19.8 Å². The fraction of sp³-hybridized carbons (Fsp3) is 0.214. The monoisotopic (exact) mass is 305 g/mol. The molecule has 94 valence electrons. The van der Waals surface area contributed by atoms with Gasteiger partial charge in [0.2, 0.25) is 0 Å². The number of nitrogen functional groups attached to an aromatic ring is 1. The van der Waals surface area contributed by atoms with Crippen LogP contribution in [-0.2, 0) is 6.42 Å². The molecule has 2 N–H and O–H groups in total. The molecule has 0 spiro atoms. The van der Waals surface area contributed by atoms with E-state index in [-0.39, 0.29) is 0 Å². The maximum Gasteiger partial charge on any atom is 0.0773 e. The van der Waals surface area contributed by atoms with E-state index < -0.39 is 0 Å². The summed E-state index contributed by atoms with van der Waals surface area (Å²) in [5.74, 6) is 0. The lowest BCUT2D eigenvalue weighted by molar-refractivity contribution is 0.874. The number of hydrogen-bond donors (Lipinski definition) is 1. The Labute approximate surface area is 116 Å². The van der Waals surface area contributed by atoms with Crippen LogP contribution in [-0.4, -0.2) is 18.6 Å². The topological polar surface area (TPSA) is 42.1 Å². The minimum atomic E-state index is 0.694. The van der Waals surface area contributed by atoms with Crippen molar-refractivity contribution < 1.29 is 0 Å². The van der Waals surface area contributed by atoms with Gasteiger partial charge in [-0.05, 0) is 27.9 Å². The van der Waals surface area contributed by atoms with Crippen molar-refractivity contribution in [2.75, 3.05) is 24.2 Å². The Bertz CT molecular complexity index is 493. The van der Waals surface area contributed by atoms with Gasteiger partial charge in [-0.15, -0.1) is 0 Å². The summed E-state index contributed by atoms with van der Waals surface area (Å²) in [7, 11) is 2.04. The Kier molecular flexibility index (Phi) is 4.20. The molecule has 0 aliphatic heterocycles. The maximum atomic E-state index is 5.96. The Hall–Kier alpha value is -1.55. The van der Waals surface area contributed by atoms with Crippen molar-refractivity contribution in [1.29, 1.82) is 0 Å². The Morgan fingerprint density at radius 2 is 1.94 bits per heavy atom. The Balaban J connectivity index is 2.06. The smallest absolute Gasteiger partial charge is 0.0773 e. The summed E-state index contributed by atoms with van der Waals surface area (Å²) < 4.78 is 0.929. The molecular formula is C14H16BrN3. The van der Waals surface area contributed by atoms with Crippen molar-refractivity contribution in [1.82, 2.24) is 4.98 Å². The van der Waals surface area contributed by atoms with Gasteiger partial charge in [0.1, 0.15) is 0 Å². The van der Waals surface area contributed by atoms with Crippen molar-refractivity contribution in [2.45, 2.75) is 6.42 Å². The number of nitrogens with two attached hydrogens (primary N) is 1. The molecule has 1 heterocycles. The van der Waals surface area contributed by atoms with E-state index in [4.69, 9.17) is 5.73 Å². The normalized spacial score (nSPS) is 10.3. The number of nitrogens with zero attached hydrogens (tertiary/aromatic N) is 2. The third kappa shape index (κ3) is 3.01. The SMILES string of the molecule is CN(CCc1ccccc1)c1c(N)cncc1Br. The van der Waals surface area contributed by atoms with Crippen LogP contribution in [0.1, 0.15) is 5.56 Å². The van der Waals surface area contributed by atoms with E-state index in [1.54, 1.807) is 12.4 Å². The highest BCUT2D eigenvalue weighted by Crippen LogP contribution is 2.30. The first kappa shape index (κ1) is 12.9. The molecule has 18 heavy (non-hydrogen) atoms. The van der Waals surface area contributed by atoms with Crippen LogP contribution in [0, 0.1) is 0 Å². The molecule has 2 rings (SSSR count). The quantitative estimate of drug-likeness (QED) is 0.944. The van der Waals surface area contributed by atoms with Gasteiger partial charge in [0.05, 0.1) is 22.0 Å². The molecule has 4 heteroatoms. The molecule has 0 saturated carbocycles. The van der Waals surface area contributed by atoms with Gasteiger partial charge in [-0.1, -0.05) is 30.3 Å². The van der Waals surface area contributed by atoms with Crippen molar-refractivity contribution in [3.05, 3.63) is 52.8 Å². The molecular weight excluding hydrogens is 290 g/mol. The third-order valence-corrected chi connectivity index (χ3v) is 3.44. The standard InChI is InChI=1S/C14H16BrN3/c1-18(8-7-11-5-3-2-4-6-11)14-12(15)9-17-10-13(14)16/h2-6,9-10H,7-8,16H2,1H3. The lowest BCUT2D eigenvalue weighted by Gasteiger charge is -2.22. The van der Waals surface area contributed by atoms with Crippen molar-refractivity contribution in [3.8, 4) is 0 Å². The molecule has 1 aromatic heterocycles. The lowest BCUT2D eigenvalue weighted by Crippen LogP contribution is -2.22. The van der Waals surface area contributed by atoms with E-state index >= 15 is 0 Å². The summed E-state index contributed by atoms with van der Waals surface area (Å²) in [5.41, 5.74) is 8.98. The fourth-order valence-corrected chi connectivity index (χ4v) is 2.55. The van der Waals surface area contributed by atoms with Gasteiger partial charge in [0.15, 0.2) is 0 Å². The second-order valence-corrected chi connectivity index (χ2v) is 5.07. The number of aromatic nitrogens is 1. The molecule has 1 aromatic carbocycles. The Morgan fingerprint density at radius 3 is 2.61 bits per heavy atom. The van der Waals surface area contributed by atoms with Crippen molar-refractivity contribution in [2.24, 2.45) is 0 Å². The number of benzene rings is 1. The summed E-state index contributed by atoms with van der Waals surface area (Å²) in [5, 5.41) is 0. The van der Waals surface area contributed by atoms with Gasteiger partial charge in [0.25, 0.3) is 0 Å². The summed E-state index contributed by atoms with van der Waals surface area (Å²) in [6, 6.07) is 10.4. The van der Waals surface area contributed by atoms with Gasteiger partial charge >= 0.3 is 0 Å². The van der Waals surface area contributed by atoms with Crippen LogP contribution in [0.3, 0.4) is 0 Å². The first-order valence-corrected chi connectivity index (χ1v) is 6.62. The molecule has 0 saturated heterocycles. The number of likely N-dealkylation sites (N-methyl/N-ethyl adjacent to an activating group) is 1. The van der Waals surface area contributed by atoms with Crippen LogP contribution < -0.4 is 10.6 Å². The van der Waals surface area contributed by atoms with E-state index in [0.717, 1.165) is 23.1 Å².